The van der Waals surface area contributed by atoms with E-state index in [1.54, 1.807) is 6.20 Å². The summed E-state index contributed by atoms with van der Waals surface area (Å²) < 4.78 is 5.04. The molecule has 5 heteroatoms. The second kappa shape index (κ2) is 3.63. The molecule has 0 aliphatic carbocycles. The van der Waals surface area contributed by atoms with Crippen LogP contribution in [-0.4, -0.2) is 24.2 Å². The SMILES string of the molecule is Cc1c(Cl)cnc(NC2COC2)c1N. The summed E-state index contributed by atoms with van der Waals surface area (Å²) in [4.78, 5) is 4.14. The molecule has 0 unspecified atom stereocenters. The molecule has 1 aliphatic heterocycles. The van der Waals surface area contributed by atoms with Crippen LogP contribution in [0.5, 0.6) is 0 Å². The van der Waals surface area contributed by atoms with Gasteiger partial charge in [-0.25, -0.2) is 4.98 Å². The first-order chi connectivity index (χ1) is 6.68. The minimum atomic E-state index is 0.324. The molecule has 76 valence electrons. The maximum absolute atomic E-state index is 5.88. The zero-order valence-corrected chi connectivity index (χ0v) is 8.64. The quantitative estimate of drug-likeness (QED) is 0.781. The van der Waals surface area contributed by atoms with Gasteiger partial charge in [0.05, 0.1) is 30.0 Å². The van der Waals surface area contributed by atoms with Gasteiger partial charge in [0.2, 0.25) is 0 Å². The van der Waals surface area contributed by atoms with Gasteiger partial charge in [-0.1, -0.05) is 11.6 Å². The van der Waals surface area contributed by atoms with Gasteiger partial charge in [-0.05, 0) is 12.5 Å². The summed E-state index contributed by atoms with van der Waals surface area (Å²) in [6.45, 7) is 3.30. The standard InChI is InChI=1S/C9H12ClN3O/c1-5-7(10)2-12-9(8(5)11)13-6-3-14-4-6/h2,6H,3-4,11H2,1H3,(H,12,13). The van der Waals surface area contributed by atoms with Crippen molar-refractivity contribution >= 4 is 23.1 Å². The average molecular weight is 214 g/mol. The molecular weight excluding hydrogens is 202 g/mol. The van der Waals surface area contributed by atoms with Crippen LogP contribution in [0.3, 0.4) is 0 Å². The third kappa shape index (κ3) is 1.63. The summed E-state index contributed by atoms with van der Waals surface area (Å²) in [5.74, 6) is 0.695. The van der Waals surface area contributed by atoms with E-state index in [-0.39, 0.29) is 0 Å². The van der Waals surface area contributed by atoms with Gasteiger partial charge < -0.3 is 15.8 Å². The molecule has 2 rings (SSSR count). The van der Waals surface area contributed by atoms with Crippen molar-refractivity contribution in [2.24, 2.45) is 0 Å². The number of anilines is 2. The number of rotatable bonds is 2. The van der Waals surface area contributed by atoms with Crippen molar-refractivity contribution in [3.63, 3.8) is 0 Å². The van der Waals surface area contributed by atoms with E-state index in [0.717, 1.165) is 5.56 Å². The number of nitrogen functional groups attached to an aromatic ring is 1. The van der Waals surface area contributed by atoms with E-state index in [2.05, 4.69) is 10.3 Å². The zero-order chi connectivity index (χ0) is 10.1. The van der Waals surface area contributed by atoms with Crippen LogP contribution in [0.2, 0.25) is 5.02 Å². The van der Waals surface area contributed by atoms with Crippen molar-refractivity contribution in [1.29, 1.82) is 0 Å². The first kappa shape index (κ1) is 9.55. The number of pyridine rings is 1. The lowest BCUT2D eigenvalue weighted by molar-refractivity contribution is 0.0210. The lowest BCUT2D eigenvalue weighted by atomic mass is 10.2. The van der Waals surface area contributed by atoms with Gasteiger partial charge in [-0.3, -0.25) is 0 Å². The Kier molecular flexibility index (Phi) is 2.48. The monoisotopic (exact) mass is 213 g/mol. The molecule has 1 saturated heterocycles. The van der Waals surface area contributed by atoms with Crippen LogP contribution in [0.25, 0.3) is 0 Å². The minimum absolute atomic E-state index is 0.324. The number of aromatic nitrogens is 1. The van der Waals surface area contributed by atoms with Gasteiger partial charge in [-0.2, -0.15) is 0 Å². The van der Waals surface area contributed by atoms with E-state index in [4.69, 9.17) is 22.1 Å². The molecule has 0 saturated carbocycles. The molecule has 4 nitrogen and oxygen atoms in total. The fourth-order valence-corrected chi connectivity index (χ4v) is 1.37. The van der Waals surface area contributed by atoms with Crippen molar-refractivity contribution in [3.05, 3.63) is 16.8 Å². The largest absolute Gasteiger partial charge is 0.395 e. The highest BCUT2D eigenvalue weighted by molar-refractivity contribution is 6.31. The molecular formula is C9H12ClN3O. The molecule has 0 radical (unpaired) electrons. The predicted octanol–water partition coefficient (Wildman–Crippen LogP) is 1.44. The molecule has 1 aromatic heterocycles. The minimum Gasteiger partial charge on any atom is -0.395 e. The molecule has 3 N–H and O–H groups in total. The number of hydrogen-bond acceptors (Lipinski definition) is 4. The Bertz CT molecular complexity index is 352. The lowest BCUT2D eigenvalue weighted by Crippen LogP contribution is -2.40. The topological polar surface area (TPSA) is 60.2 Å². The van der Waals surface area contributed by atoms with Crippen LogP contribution in [-0.2, 0) is 4.74 Å². The Hall–Kier alpha value is -1.00. The molecule has 1 fully saturated rings. The fraction of sp³-hybridized carbons (Fsp3) is 0.444. The van der Waals surface area contributed by atoms with E-state index in [1.165, 1.54) is 0 Å². The van der Waals surface area contributed by atoms with Crippen LogP contribution in [0.1, 0.15) is 5.56 Å². The third-order valence-corrected chi connectivity index (χ3v) is 2.68. The van der Waals surface area contributed by atoms with Crippen LogP contribution in [0.15, 0.2) is 6.20 Å². The van der Waals surface area contributed by atoms with E-state index in [9.17, 15) is 0 Å². The molecule has 0 amide bonds. The highest BCUT2D eigenvalue weighted by Gasteiger charge is 2.19. The highest BCUT2D eigenvalue weighted by Crippen LogP contribution is 2.26. The van der Waals surface area contributed by atoms with Crippen LogP contribution in [0, 0.1) is 6.92 Å². The number of hydrogen-bond donors (Lipinski definition) is 2. The van der Waals surface area contributed by atoms with E-state index in [1.807, 2.05) is 6.92 Å². The highest BCUT2D eigenvalue weighted by atomic mass is 35.5. The lowest BCUT2D eigenvalue weighted by Gasteiger charge is -2.28. The van der Waals surface area contributed by atoms with Gasteiger partial charge in [-0.15, -0.1) is 0 Å². The molecule has 1 aliphatic rings. The molecule has 0 bridgehead atoms. The predicted molar refractivity (Wildman–Crippen MR) is 56.6 cm³/mol. The summed E-state index contributed by atoms with van der Waals surface area (Å²) in [5.41, 5.74) is 7.34. The second-order valence-corrected chi connectivity index (χ2v) is 3.78. The number of nitrogens with two attached hydrogens (primary N) is 1. The second-order valence-electron chi connectivity index (χ2n) is 3.37. The first-order valence-electron chi connectivity index (χ1n) is 4.43. The summed E-state index contributed by atoms with van der Waals surface area (Å²) in [6, 6.07) is 0.324. The summed E-state index contributed by atoms with van der Waals surface area (Å²) >= 11 is 5.88. The van der Waals surface area contributed by atoms with Crippen LogP contribution >= 0.6 is 11.6 Å². The summed E-state index contributed by atoms with van der Waals surface area (Å²) in [7, 11) is 0. The zero-order valence-electron chi connectivity index (χ0n) is 7.88. The Labute approximate surface area is 87.4 Å². The maximum Gasteiger partial charge on any atom is 0.149 e. The van der Waals surface area contributed by atoms with Gasteiger partial charge >= 0.3 is 0 Å². The summed E-state index contributed by atoms with van der Waals surface area (Å²) in [6.07, 6.45) is 1.61. The molecule has 1 aromatic rings. The molecule has 2 heterocycles. The summed E-state index contributed by atoms with van der Waals surface area (Å²) in [5, 5.41) is 3.79. The van der Waals surface area contributed by atoms with E-state index >= 15 is 0 Å². The molecule has 0 aromatic carbocycles. The Morgan fingerprint density at radius 2 is 2.36 bits per heavy atom. The Morgan fingerprint density at radius 1 is 1.64 bits per heavy atom. The number of halogens is 1. The van der Waals surface area contributed by atoms with Crippen molar-refractivity contribution in [1.82, 2.24) is 4.98 Å². The number of nitrogens with one attached hydrogen (secondary N) is 1. The molecule has 14 heavy (non-hydrogen) atoms. The van der Waals surface area contributed by atoms with Gasteiger partial charge in [0.1, 0.15) is 5.82 Å². The van der Waals surface area contributed by atoms with Gasteiger partial charge in [0, 0.05) is 6.20 Å². The number of nitrogens with zero attached hydrogens (tertiary/aromatic N) is 1. The van der Waals surface area contributed by atoms with Gasteiger partial charge in [0.25, 0.3) is 0 Å². The Balaban J connectivity index is 2.20. The molecule has 0 atom stereocenters. The first-order valence-corrected chi connectivity index (χ1v) is 4.81. The third-order valence-electron chi connectivity index (χ3n) is 2.30. The van der Waals surface area contributed by atoms with Crippen molar-refractivity contribution in [3.8, 4) is 0 Å². The van der Waals surface area contributed by atoms with Crippen molar-refractivity contribution in [2.45, 2.75) is 13.0 Å². The van der Waals surface area contributed by atoms with Crippen LogP contribution < -0.4 is 11.1 Å². The maximum atomic E-state index is 5.88. The fourth-order valence-electron chi connectivity index (χ4n) is 1.22. The van der Waals surface area contributed by atoms with Crippen molar-refractivity contribution in [2.75, 3.05) is 24.3 Å². The number of ether oxygens (including phenoxy) is 1. The van der Waals surface area contributed by atoms with E-state index in [0.29, 0.717) is 35.8 Å². The smallest absolute Gasteiger partial charge is 0.149 e. The molecule has 0 spiro atoms. The van der Waals surface area contributed by atoms with E-state index < -0.39 is 0 Å². The normalized spacial score (nSPS) is 16.4. The van der Waals surface area contributed by atoms with Gasteiger partial charge in [0.15, 0.2) is 0 Å². The van der Waals surface area contributed by atoms with Crippen LogP contribution in [0.4, 0.5) is 11.5 Å². The Morgan fingerprint density at radius 3 is 2.93 bits per heavy atom. The van der Waals surface area contributed by atoms with Crippen molar-refractivity contribution < 1.29 is 4.74 Å². The average Bonchev–Trinajstić information content (AvgIpc) is 2.10.